The molecule has 24 heavy (non-hydrogen) atoms. The van der Waals surface area contributed by atoms with Crippen molar-refractivity contribution in [1.82, 2.24) is 4.98 Å². The van der Waals surface area contributed by atoms with Gasteiger partial charge in [-0.05, 0) is 49.7 Å². The second-order valence-electron chi connectivity index (χ2n) is 5.68. The van der Waals surface area contributed by atoms with Crippen LogP contribution in [0, 0.1) is 13.8 Å². The molecule has 3 aromatic rings. The van der Waals surface area contributed by atoms with Crippen molar-refractivity contribution in [3.8, 4) is 17.0 Å². The number of rotatable bonds is 3. The number of fused-ring (bicyclic) bond motifs is 1. The number of methoxy groups -OCH3 is 1. The quantitative estimate of drug-likeness (QED) is 0.737. The van der Waals surface area contributed by atoms with E-state index in [9.17, 15) is 9.90 Å². The standard InChI is InChI=1S/C19H16ClNO3/c1-10-4-5-17(24-3)15(6-10)16-9-14(19(22)23)13-8-12(20)7-11(2)18(13)21-16/h4-9H,1-3H3,(H,22,23). The van der Waals surface area contributed by atoms with E-state index in [-0.39, 0.29) is 5.56 Å². The number of aryl methyl sites for hydroxylation is 2. The fourth-order valence-electron chi connectivity index (χ4n) is 2.79. The van der Waals surface area contributed by atoms with Gasteiger partial charge in [0.05, 0.1) is 23.9 Å². The van der Waals surface area contributed by atoms with E-state index >= 15 is 0 Å². The van der Waals surface area contributed by atoms with Gasteiger partial charge in [0.25, 0.3) is 0 Å². The van der Waals surface area contributed by atoms with Gasteiger partial charge in [-0.15, -0.1) is 0 Å². The van der Waals surface area contributed by atoms with Crippen molar-refractivity contribution in [3.63, 3.8) is 0 Å². The number of pyridine rings is 1. The predicted molar refractivity (Wildman–Crippen MR) is 95.2 cm³/mol. The van der Waals surface area contributed by atoms with Gasteiger partial charge in [-0.1, -0.05) is 23.2 Å². The molecule has 0 amide bonds. The lowest BCUT2D eigenvalue weighted by atomic mass is 10.0. The Balaban J connectivity index is 2.39. The number of halogens is 1. The van der Waals surface area contributed by atoms with Crippen molar-refractivity contribution in [2.45, 2.75) is 13.8 Å². The van der Waals surface area contributed by atoms with Crippen LogP contribution in [0.1, 0.15) is 21.5 Å². The summed E-state index contributed by atoms with van der Waals surface area (Å²) in [7, 11) is 1.58. The Morgan fingerprint density at radius 3 is 2.58 bits per heavy atom. The van der Waals surface area contributed by atoms with Gasteiger partial charge >= 0.3 is 5.97 Å². The highest BCUT2D eigenvalue weighted by Crippen LogP contribution is 2.34. The molecule has 122 valence electrons. The molecule has 0 fully saturated rings. The first kappa shape index (κ1) is 16.3. The molecule has 0 unspecified atom stereocenters. The van der Waals surface area contributed by atoms with Crippen molar-refractivity contribution in [3.05, 3.63) is 58.1 Å². The van der Waals surface area contributed by atoms with Crippen LogP contribution in [-0.2, 0) is 0 Å². The Kier molecular flexibility index (Phi) is 4.16. The van der Waals surface area contributed by atoms with Crippen LogP contribution in [0.2, 0.25) is 5.02 Å². The maximum Gasteiger partial charge on any atom is 0.336 e. The van der Waals surface area contributed by atoms with Crippen LogP contribution in [0.4, 0.5) is 0 Å². The van der Waals surface area contributed by atoms with Crippen molar-refractivity contribution in [2.24, 2.45) is 0 Å². The highest BCUT2D eigenvalue weighted by Gasteiger charge is 2.17. The predicted octanol–water partition coefficient (Wildman–Crippen LogP) is 4.88. The SMILES string of the molecule is COc1ccc(C)cc1-c1cc(C(=O)O)c2cc(Cl)cc(C)c2n1. The second kappa shape index (κ2) is 6.13. The van der Waals surface area contributed by atoms with Gasteiger partial charge in [0.15, 0.2) is 0 Å². The lowest BCUT2D eigenvalue weighted by Crippen LogP contribution is -2.02. The van der Waals surface area contributed by atoms with E-state index in [0.717, 1.165) is 16.7 Å². The summed E-state index contributed by atoms with van der Waals surface area (Å²) in [5.41, 5.74) is 3.98. The zero-order valence-electron chi connectivity index (χ0n) is 13.6. The molecule has 5 heteroatoms. The second-order valence-corrected chi connectivity index (χ2v) is 6.12. The van der Waals surface area contributed by atoms with Crippen LogP contribution in [0.5, 0.6) is 5.75 Å². The molecular weight excluding hydrogens is 326 g/mol. The van der Waals surface area contributed by atoms with Gasteiger partial charge in [0, 0.05) is 16.0 Å². The van der Waals surface area contributed by atoms with E-state index in [1.807, 2.05) is 32.0 Å². The zero-order valence-corrected chi connectivity index (χ0v) is 14.3. The summed E-state index contributed by atoms with van der Waals surface area (Å²) in [6.45, 7) is 3.83. The topological polar surface area (TPSA) is 59.4 Å². The number of carboxylic acid groups (broad SMARTS) is 1. The molecule has 0 atom stereocenters. The first-order valence-electron chi connectivity index (χ1n) is 7.40. The van der Waals surface area contributed by atoms with Gasteiger partial charge in [-0.25, -0.2) is 9.78 Å². The van der Waals surface area contributed by atoms with Gasteiger partial charge in [-0.2, -0.15) is 0 Å². The summed E-state index contributed by atoms with van der Waals surface area (Å²) in [6, 6.07) is 10.7. The Morgan fingerprint density at radius 2 is 1.92 bits per heavy atom. The number of aromatic carboxylic acids is 1. The minimum absolute atomic E-state index is 0.171. The first-order chi connectivity index (χ1) is 11.4. The lowest BCUT2D eigenvalue weighted by molar-refractivity contribution is 0.0699. The number of hydrogen-bond acceptors (Lipinski definition) is 3. The van der Waals surface area contributed by atoms with Gasteiger partial charge in [0.1, 0.15) is 5.75 Å². The molecule has 0 aliphatic rings. The van der Waals surface area contributed by atoms with E-state index in [2.05, 4.69) is 4.98 Å². The zero-order chi connectivity index (χ0) is 17.4. The molecule has 1 heterocycles. The Bertz CT molecular complexity index is 966. The van der Waals surface area contributed by atoms with E-state index in [4.69, 9.17) is 16.3 Å². The van der Waals surface area contributed by atoms with E-state index < -0.39 is 5.97 Å². The summed E-state index contributed by atoms with van der Waals surface area (Å²) in [4.78, 5) is 16.4. The molecule has 0 radical (unpaired) electrons. The molecular formula is C19H16ClNO3. The summed E-state index contributed by atoms with van der Waals surface area (Å²) in [6.07, 6.45) is 0. The van der Waals surface area contributed by atoms with E-state index in [0.29, 0.717) is 27.4 Å². The Morgan fingerprint density at radius 1 is 1.17 bits per heavy atom. The van der Waals surface area contributed by atoms with Crippen LogP contribution in [0.15, 0.2) is 36.4 Å². The number of carboxylic acids is 1. The summed E-state index contributed by atoms with van der Waals surface area (Å²) < 4.78 is 5.41. The third-order valence-corrected chi connectivity index (χ3v) is 4.15. The molecule has 0 aliphatic heterocycles. The molecule has 1 N–H and O–H groups in total. The maximum atomic E-state index is 11.7. The molecule has 3 rings (SSSR count). The summed E-state index contributed by atoms with van der Waals surface area (Å²) in [5, 5.41) is 10.6. The maximum absolute atomic E-state index is 11.7. The van der Waals surface area contributed by atoms with Gasteiger partial charge in [-0.3, -0.25) is 0 Å². The average molecular weight is 342 g/mol. The fraction of sp³-hybridized carbons (Fsp3) is 0.158. The summed E-state index contributed by atoms with van der Waals surface area (Å²) >= 11 is 6.09. The Labute approximate surface area is 144 Å². The molecule has 0 saturated heterocycles. The Hall–Kier alpha value is -2.59. The third-order valence-electron chi connectivity index (χ3n) is 3.93. The largest absolute Gasteiger partial charge is 0.496 e. The van der Waals surface area contributed by atoms with Crippen molar-refractivity contribution >= 4 is 28.5 Å². The number of nitrogens with zero attached hydrogens (tertiary/aromatic N) is 1. The number of ether oxygens (including phenoxy) is 1. The highest BCUT2D eigenvalue weighted by molar-refractivity contribution is 6.31. The van der Waals surface area contributed by atoms with Crippen molar-refractivity contribution in [2.75, 3.05) is 7.11 Å². The van der Waals surface area contributed by atoms with Crippen LogP contribution in [-0.4, -0.2) is 23.2 Å². The van der Waals surface area contributed by atoms with Crippen LogP contribution in [0.25, 0.3) is 22.2 Å². The van der Waals surface area contributed by atoms with E-state index in [1.54, 1.807) is 25.3 Å². The number of hydrogen-bond donors (Lipinski definition) is 1. The minimum Gasteiger partial charge on any atom is -0.496 e. The smallest absolute Gasteiger partial charge is 0.336 e. The minimum atomic E-state index is -1.02. The van der Waals surface area contributed by atoms with E-state index in [1.165, 1.54) is 0 Å². The number of benzene rings is 2. The monoisotopic (exact) mass is 341 g/mol. The lowest BCUT2D eigenvalue weighted by Gasteiger charge is -2.13. The normalized spacial score (nSPS) is 10.8. The molecule has 0 spiro atoms. The highest BCUT2D eigenvalue weighted by atomic mass is 35.5. The molecule has 4 nitrogen and oxygen atoms in total. The first-order valence-corrected chi connectivity index (χ1v) is 7.77. The van der Waals surface area contributed by atoms with Crippen molar-refractivity contribution < 1.29 is 14.6 Å². The van der Waals surface area contributed by atoms with Gasteiger partial charge in [0.2, 0.25) is 0 Å². The molecule has 0 saturated carbocycles. The molecule has 0 aliphatic carbocycles. The van der Waals surface area contributed by atoms with Crippen LogP contribution >= 0.6 is 11.6 Å². The van der Waals surface area contributed by atoms with Crippen LogP contribution in [0.3, 0.4) is 0 Å². The number of aromatic nitrogens is 1. The van der Waals surface area contributed by atoms with Crippen molar-refractivity contribution in [1.29, 1.82) is 0 Å². The molecule has 2 aromatic carbocycles. The molecule has 1 aromatic heterocycles. The average Bonchev–Trinajstić information content (AvgIpc) is 2.53. The third kappa shape index (κ3) is 2.81. The van der Waals surface area contributed by atoms with Crippen LogP contribution < -0.4 is 4.74 Å². The fourth-order valence-corrected chi connectivity index (χ4v) is 3.07. The molecule has 0 bridgehead atoms. The van der Waals surface area contributed by atoms with Gasteiger partial charge < -0.3 is 9.84 Å². The number of carbonyl (C=O) groups is 1. The summed E-state index contributed by atoms with van der Waals surface area (Å²) in [5.74, 6) is -0.368.